The Hall–Kier alpha value is 1.11. The van der Waals surface area contributed by atoms with Crippen molar-refractivity contribution in [3.8, 4) is 0 Å². The molecule has 46 valence electrons. The minimum absolute atomic E-state index is 0. The molecule has 0 amide bonds. The monoisotopic (exact) mass is 149 g/mol. The average Bonchev–Trinajstić information content (AvgIpc) is 1.73. The first kappa shape index (κ1) is 16.1. The van der Waals surface area contributed by atoms with Gasteiger partial charge in [-0.25, -0.2) is 0 Å². The van der Waals surface area contributed by atoms with Crippen molar-refractivity contribution in [2.45, 2.75) is 0 Å². The molecule has 6 heteroatoms. The molecule has 0 saturated heterocycles. The van der Waals surface area contributed by atoms with Gasteiger partial charge in [-0.15, -0.1) is 0 Å². The van der Waals surface area contributed by atoms with E-state index in [1.54, 1.807) is 0 Å². The molecular formula is C2H9NNaO3P. The molecule has 0 aromatic heterocycles. The zero-order chi connectivity index (χ0) is 6.28. The van der Waals surface area contributed by atoms with E-state index in [2.05, 4.69) is 10.3 Å². The average molecular weight is 149 g/mol. The molecule has 4 nitrogen and oxygen atoms in total. The Labute approximate surface area is 71.6 Å². The molecule has 0 spiro atoms. The van der Waals surface area contributed by atoms with E-state index in [1.807, 2.05) is 0 Å². The van der Waals surface area contributed by atoms with Crippen molar-refractivity contribution in [1.82, 2.24) is 0 Å². The molecule has 0 aliphatic heterocycles. The van der Waals surface area contributed by atoms with E-state index in [1.165, 1.54) is 7.05 Å². The van der Waals surface area contributed by atoms with Crippen molar-refractivity contribution < 1.29 is 43.5 Å². The summed E-state index contributed by atoms with van der Waals surface area (Å²) in [6, 6.07) is 0. The molecule has 0 rings (SSSR count). The zero-order valence-corrected chi connectivity index (χ0v) is 8.30. The third kappa shape index (κ3) is 27.4. The van der Waals surface area contributed by atoms with Gasteiger partial charge in [0.25, 0.3) is 0 Å². The fourth-order valence-corrected chi connectivity index (χ4v) is 0. The van der Waals surface area contributed by atoms with Gasteiger partial charge in [0.1, 0.15) is 8.25 Å². The fraction of sp³-hybridized carbons (Fsp3) is 1.00. The minimum atomic E-state index is -2.87. The Kier molecular flexibility index (Phi) is 31.5. The van der Waals surface area contributed by atoms with Gasteiger partial charge in [-0.2, -0.15) is 0 Å². The van der Waals surface area contributed by atoms with Crippen molar-refractivity contribution in [3.05, 3.63) is 0 Å². The summed E-state index contributed by atoms with van der Waals surface area (Å²) in [5, 5.41) is 0. The molecule has 0 saturated carbocycles. The summed E-state index contributed by atoms with van der Waals surface area (Å²) in [6.45, 7) is 0. The summed E-state index contributed by atoms with van der Waals surface area (Å²) in [5.74, 6) is 0. The van der Waals surface area contributed by atoms with Gasteiger partial charge < -0.3 is 19.7 Å². The van der Waals surface area contributed by atoms with Crippen LogP contribution < -0.4 is 40.2 Å². The third-order valence-electron chi connectivity index (χ3n) is 0.167. The first-order valence-electron chi connectivity index (χ1n) is 1.60. The van der Waals surface area contributed by atoms with Crippen molar-refractivity contribution in [3.63, 3.8) is 0 Å². The SMILES string of the molecule is CN.CO[PH](=O)[O-].[Na+]. The van der Waals surface area contributed by atoms with Gasteiger partial charge in [0.15, 0.2) is 0 Å². The summed E-state index contributed by atoms with van der Waals surface area (Å²) in [5.41, 5.74) is 4.50. The van der Waals surface area contributed by atoms with Crippen LogP contribution in [-0.2, 0) is 9.09 Å². The summed E-state index contributed by atoms with van der Waals surface area (Å²) in [6.07, 6.45) is 0. The van der Waals surface area contributed by atoms with E-state index in [0.717, 1.165) is 7.11 Å². The maximum absolute atomic E-state index is 9.22. The molecule has 0 aromatic carbocycles. The molecule has 0 radical (unpaired) electrons. The van der Waals surface area contributed by atoms with Crippen LogP contribution in [0.2, 0.25) is 0 Å². The first-order chi connectivity index (χ1) is 3.27. The molecule has 0 bridgehead atoms. The Morgan fingerprint density at radius 3 is 1.75 bits per heavy atom. The van der Waals surface area contributed by atoms with E-state index >= 15 is 0 Å². The second-order valence-corrected chi connectivity index (χ2v) is 1.36. The minimum Gasteiger partial charge on any atom is -0.781 e. The van der Waals surface area contributed by atoms with Gasteiger partial charge in [0.05, 0.1) is 0 Å². The van der Waals surface area contributed by atoms with Crippen LogP contribution in [0.4, 0.5) is 0 Å². The number of hydrogen-bond acceptors (Lipinski definition) is 4. The van der Waals surface area contributed by atoms with Crippen molar-refractivity contribution in [2.75, 3.05) is 14.2 Å². The topological polar surface area (TPSA) is 75.4 Å². The molecule has 0 aliphatic carbocycles. The molecule has 2 N–H and O–H groups in total. The molecule has 8 heavy (non-hydrogen) atoms. The molecule has 0 aromatic rings. The third-order valence-corrected chi connectivity index (χ3v) is 0.500. The van der Waals surface area contributed by atoms with E-state index in [0.29, 0.717) is 0 Å². The maximum Gasteiger partial charge on any atom is 1.00 e. The van der Waals surface area contributed by atoms with Gasteiger partial charge in [0.2, 0.25) is 0 Å². The summed E-state index contributed by atoms with van der Waals surface area (Å²) in [7, 11) is -0.255. The second-order valence-electron chi connectivity index (χ2n) is 0.454. The van der Waals surface area contributed by atoms with Crippen molar-refractivity contribution in [2.24, 2.45) is 5.73 Å². The Balaban J connectivity index is -0.0000000750. The Bertz CT molecular complexity index is 52.5. The number of rotatable bonds is 1. The summed E-state index contributed by atoms with van der Waals surface area (Å²) < 4.78 is 13.0. The van der Waals surface area contributed by atoms with E-state index in [4.69, 9.17) is 0 Å². The van der Waals surface area contributed by atoms with Gasteiger partial charge in [-0.05, 0) is 7.05 Å². The number of hydrogen-bond donors (Lipinski definition) is 1. The summed E-state index contributed by atoms with van der Waals surface area (Å²) >= 11 is 0. The smallest absolute Gasteiger partial charge is 0.781 e. The molecule has 1 unspecified atom stereocenters. The molecule has 1 atom stereocenters. The van der Waals surface area contributed by atoms with Crippen molar-refractivity contribution in [1.29, 1.82) is 0 Å². The zero-order valence-electron chi connectivity index (χ0n) is 5.30. The van der Waals surface area contributed by atoms with Crippen LogP contribution in [0.15, 0.2) is 0 Å². The van der Waals surface area contributed by atoms with Crippen LogP contribution in [0.25, 0.3) is 0 Å². The summed E-state index contributed by atoms with van der Waals surface area (Å²) in [4.78, 5) is 9.22. The van der Waals surface area contributed by atoms with Gasteiger partial charge >= 0.3 is 29.6 Å². The van der Waals surface area contributed by atoms with Gasteiger partial charge in [0, 0.05) is 7.11 Å². The van der Waals surface area contributed by atoms with Gasteiger partial charge in [-0.1, -0.05) is 0 Å². The van der Waals surface area contributed by atoms with Gasteiger partial charge in [-0.3, -0.25) is 0 Å². The molecule has 0 heterocycles. The standard InChI is InChI=1S/CH5N.CH5O3P.Na/c1-2;1-4-5(2)3;/h2H2,1H3;5H,1H3,(H,2,3);/q;;+1/p-1. The Morgan fingerprint density at radius 1 is 1.62 bits per heavy atom. The maximum atomic E-state index is 9.22. The van der Waals surface area contributed by atoms with Crippen LogP contribution in [0.1, 0.15) is 0 Å². The predicted octanol–water partition coefficient (Wildman–Crippen LogP) is -4.04. The van der Waals surface area contributed by atoms with E-state index < -0.39 is 8.25 Å². The van der Waals surface area contributed by atoms with Crippen LogP contribution >= 0.6 is 8.25 Å². The number of nitrogens with two attached hydrogens (primary N) is 1. The van der Waals surface area contributed by atoms with E-state index in [9.17, 15) is 9.46 Å². The molecular weight excluding hydrogens is 140 g/mol. The first-order valence-corrected chi connectivity index (χ1v) is 2.82. The quantitative estimate of drug-likeness (QED) is 0.304. The fourth-order valence-electron chi connectivity index (χ4n) is 0. The molecule has 0 fully saturated rings. The van der Waals surface area contributed by atoms with Crippen LogP contribution in [-0.4, -0.2) is 14.2 Å². The van der Waals surface area contributed by atoms with Crippen LogP contribution in [0.5, 0.6) is 0 Å². The van der Waals surface area contributed by atoms with E-state index in [-0.39, 0.29) is 29.6 Å². The predicted molar refractivity (Wildman–Crippen MR) is 26.1 cm³/mol. The second kappa shape index (κ2) is 15.7. The van der Waals surface area contributed by atoms with Crippen molar-refractivity contribution >= 4 is 8.25 Å². The van der Waals surface area contributed by atoms with Crippen LogP contribution in [0, 0.1) is 0 Å². The molecule has 0 aliphatic rings. The normalized spacial score (nSPS) is 10.0. The largest absolute Gasteiger partial charge is 1.00 e. The Morgan fingerprint density at radius 2 is 1.75 bits per heavy atom. The van der Waals surface area contributed by atoms with Crippen LogP contribution in [0.3, 0.4) is 0 Å².